The van der Waals surface area contributed by atoms with Gasteiger partial charge in [0, 0.05) is 30.1 Å². The van der Waals surface area contributed by atoms with Crippen LogP contribution in [0.15, 0.2) is 67.0 Å². The summed E-state index contributed by atoms with van der Waals surface area (Å²) in [5.74, 6) is 0. The summed E-state index contributed by atoms with van der Waals surface area (Å²) in [6.45, 7) is 1.59. The molecule has 4 aromatic rings. The van der Waals surface area contributed by atoms with E-state index < -0.39 is 0 Å². The lowest BCUT2D eigenvalue weighted by atomic mass is 10.1. The molecular formula is C22H23N3O2. The summed E-state index contributed by atoms with van der Waals surface area (Å²) in [5, 5.41) is 10.1. The minimum absolute atomic E-state index is 0.0370. The van der Waals surface area contributed by atoms with Gasteiger partial charge in [0.2, 0.25) is 0 Å². The van der Waals surface area contributed by atoms with Gasteiger partial charge in [0.25, 0.3) is 0 Å². The molecule has 0 atom stereocenters. The second-order valence-electron chi connectivity index (χ2n) is 6.48. The van der Waals surface area contributed by atoms with Crippen LogP contribution in [0, 0.1) is 0 Å². The summed E-state index contributed by atoms with van der Waals surface area (Å²) in [6, 6.07) is 20.8. The van der Waals surface area contributed by atoms with Gasteiger partial charge in [-0.3, -0.25) is 0 Å². The van der Waals surface area contributed by atoms with E-state index in [1.54, 1.807) is 0 Å². The van der Waals surface area contributed by atoms with Gasteiger partial charge in [-0.15, -0.1) is 0 Å². The Morgan fingerprint density at radius 3 is 2.56 bits per heavy atom. The Kier molecular flexibility index (Phi) is 5.05. The summed E-state index contributed by atoms with van der Waals surface area (Å²) >= 11 is 0. The van der Waals surface area contributed by atoms with Crippen LogP contribution in [0.4, 0.5) is 0 Å². The monoisotopic (exact) mass is 361 g/mol. The molecule has 138 valence electrons. The normalized spacial score (nSPS) is 11.3. The molecule has 2 heterocycles. The molecule has 0 aliphatic rings. The summed E-state index contributed by atoms with van der Waals surface area (Å²) in [6.07, 6.45) is 1.87. The first-order valence-electron chi connectivity index (χ1n) is 9.13. The van der Waals surface area contributed by atoms with Crippen LogP contribution in [-0.4, -0.2) is 39.0 Å². The van der Waals surface area contributed by atoms with Gasteiger partial charge in [-0.25, -0.2) is 4.98 Å². The average molecular weight is 361 g/mol. The number of aromatic nitrogens is 3. The Morgan fingerprint density at radius 2 is 1.78 bits per heavy atom. The molecule has 0 spiro atoms. The Morgan fingerprint density at radius 1 is 1.00 bits per heavy atom. The number of para-hydroxylation sites is 1. The smallest absolute Gasteiger partial charge is 0.0978 e. The van der Waals surface area contributed by atoms with Crippen LogP contribution in [0.3, 0.4) is 0 Å². The molecule has 5 heteroatoms. The number of imidazole rings is 1. The first-order valence-corrected chi connectivity index (χ1v) is 9.13. The Labute approximate surface area is 158 Å². The van der Waals surface area contributed by atoms with Gasteiger partial charge in [-0.2, -0.15) is 0 Å². The average Bonchev–Trinajstić information content (AvgIpc) is 3.27. The van der Waals surface area contributed by atoms with Crippen molar-refractivity contribution in [3.8, 4) is 22.6 Å². The lowest BCUT2D eigenvalue weighted by Gasteiger charge is -2.12. The molecule has 0 unspecified atom stereocenters. The maximum Gasteiger partial charge on any atom is 0.0978 e. The first-order chi connectivity index (χ1) is 13.3. The molecule has 5 nitrogen and oxygen atoms in total. The van der Waals surface area contributed by atoms with Crippen LogP contribution in [0.2, 0.25) is 0 Å². The van der Waals surface area contributed by atoms with Gasteiger partial charge >= 0.3 is 0 Å². The third-order valence-electron chi connectivity index (χ3n) is 4.79. The standard InChI is InChI=1S/C22H23N3O2/c1-24-19-10-6-5-9-18(19)15-20(24)22-21(17-7-3-2-4-8-17)23-16-25(22)11-13-27-14-12-26/h2-10,15-16,26H,11-14H2,1H3. The van der Waals surface area contributed by atoms with Crippen molar-refractivity contribution in [2.24, 2.45) is 7.05 Å². The highest BCUT2D eigenvalue weighted by Gasteiger charge is 2.18. The summed E-state index contributed by atoms with van der Waals surface area (Å²) in [5.41, 5.74) is 5.44. The number of ether oxygens (including phenoxy) is 1. The minimum Gasteiger partial charge on any atom is -0.394 e. The molecule has 0 radical (unpaired) electrons. The van der Waals surface area contributed by atoms with Gasteiger partial charge in [0.15, 0.2) is 0 Å². The summed E-state index contributed by atoms with van der Waals surface area (Å²) in [7, 11) is 2.09. The van der Waals surface area contributed by atoms with Crippen LogP contribution in [0.5, 0.6) is 0 Å². The largest absolute Gasteiger partial charge is 0.394 e. The minimum atomic E-state index is 0.0370. The molecule has 0 aliphatic carbocycles. The van der Waals surface area contributed by atoms with Crippen LogP contribution in [0.25, 0.3) is 33.5 Å². The van der Waals surface area contributed by atoms with Crippen LogP contribution in [0.1, 0.15) is 0 Å². The van der Waals surface area contributed by atoms with Gasteiger partial charge in [-0.1, -0.05) is 48.5 Å². The predicted octanol–water partition coefficient (Wildman–Crippen LogP) is 3.72. The molecule has 4 rings (SSSR count). The van der Waals surface area contributed by atoms with E-state index in [1.807, 2.05) is 24.5 Å². The van der Waals surface area contributed by atoms with Crippen molar-refractivity contribution < 1.29 is 9.84 Å². The second kappa shape index (κ2) is 7.78. The fraction of sp³-hybridized carbons (Fsp3) is 0.227. The SMILES string of the molecule is Cn1c(-c2c(-c3ccccc3)ncn2CCOCCO)cc2ccccc21. The van der Waals surface area contributed by atoms with Crippen molar-refractivity contribution in [3.05, 3.63) is 67.0 Å². The quantitative estimate of drug-likeness (QED) is 0.511. The molecule has 1 N–H and O–H groups in total. The summed E-state index contributed by atoms with van der Waals surface area (Å²) in [4.78, 5) is 4.72. The van der Waals surface area contributed by atoms with Crippen LogP contribution < -0.4 is 0 Å². The molecule has 0 aliphatic heterocycles. The number of nitrogens with zero attached hydrogens (tertiary/aromatic N) is 3. The van der Waals surface area contributed by atoms with Crippen molar-refractivity contribution in [2.45, 2.75) is 6.54 Å². The number of hydrogen-bond donors (Lipinski definition) is 1. The van der Waals surface area contributed by atoms with Crippen molar-refractivity contribution in [3.63, 3.8) is 0 Å². The molecule has 0 fully saturated rings. The van der Waals surface area contributed by atoms with Gasteiger partial charge in [0.1, 0.15) is 0 Å². The van der Waals surface area contributed by atoms with E-state index >= 15 is 0 Å². The lowest BCUT2D eigenvalue weighted by molar-refractivity contribution is 0.0871. The van der Waals surface area contributed by atoms with Gasteiger partial charge in [-0.05, 0) is 12.1 Å². The molecule has 0 bridgehead atoms. The van der Waals surface area contributed by atoms with Gasteiger partial charge < -0.3 is 19.0 Å². The fourth-order valence-corrected chi connectivity index (χ4v) is 3.47. The zero-order valence-electron chi connectivity index (χ0n) is 15.4. The molecule has 2 aromatic carbocycles. The van der Waals surface area contributed by atoms with E-state index in [1.165, 1.54) is 10.9 Å². The lowest BCUT2D eigenvalue weighted by Crippen LogP contribution is -2.09. The highest BCUT2D eigenvalue weighted by atomic mass is 16.5. The van der Waals surface area contributed by atoms with Gasteiger partial charge in [0.05, 0.1) is 43.2 Å². The number of rotatable bonds is 7. The predicted molar refractivity (Wildman–Crippen MR) is 107 cm³/mol. The number of aliphatic hydroxyl groups excluding tert-OH is 1. The third-order valence-corrected chi connectivity index (χ3v) is 4.79. The van der Waals surface area contributed by atoms with Crippen molar-refractivity contribution in [1.29, 1.82) is 0 Å². The van der Waals surface area contributed by atoms with E-state index in [-0.39, 0.29) is 6.61 Å². The fourth-order valence-electron chi connectivity index (χ4n) is 3.47. The number of fused-ring (bicyclic) bond motifs is 1. The number of aliphatic hydroxyl groups is 1. The zero-order chi connectivity index (χ0) is 18.6. The Bertz CT molecular complexity index is 1030. The van der Waals surface area contributed by atoms with Crippen LogP contribution in [-0.2, 0) is 18.3 Å². The topological polar surface area (TPSA) is 52.2 Å². The highest BCUT2D eigenvalue weighted by Crippen LogP contribution is 2.34. The van der Waals surface area contributed by atoms with Crippen LogP contribution >= 0.6 is 0 Å². The number of hydrogen-bond acceptors (Lipinski definition) is 3. The van der Waals surface area contributed by atoms with E-state index in [9.17, 15) is 0 Å². The van der Waals surface area contributed by atoms with Crippen molar-refractivity contribution in [2.75, 3.05) is 19.8 Å². The molecule has 0 saturated heterocycles. The van der Waals surface area contributed by atoms with E-state index in [4.69, 9.17) is 14.8 Å². The van der Waals surface area contributed by atoms with E-state index in [2.05, 4.69) is 58.6 Å². The molecule has 27 heavy (non-hydrogen) atoms. The first kappa shape index (κ1) is 17.5. The molecule has 2 aromatic heterocycles. The maximum atomic E-state index is 8.92. The summed E-state index contributed by atoms with van der Waals surface area (Å²) < 4.78 is 9.82. The molecule has 0 saturated carbocycles. The zero-order valence-corrected chi connectivity index (χ0v) is 15.4. The molecular weight excluding hydrogens is 338 g/mol. The van der Waals surface area contributed by atoms with Crippen molar-refractivity contribution >= 4 is 10.9 Å². The molecule has 0 amide bonds. The van der Waals surface area contributed by atoms with E-state index in [0.29, 0.717) is 19.8 Å². The maximum absolute atomic E-state index is 8.92. The van der Waals surface area contributed by atoms with E-state index in [0.717, 1.165) is 22.6 Å². The Balaban J connectivity index is 1.82. The number of aryl methyl sites for hydroxylation is 1. The number of benzene rings is 2. The highest BCUT2D eigenvalue weighted by molar-refractivity contribution is 5.89. The second-order valence-corrected chi connectivity index (χ2v) is 6.48. The third kappa shape index (κ3) is 3.39. The van der Waals surface area contributed by atoms with Crippen molar-refractivity contribution in [1.82, 2.24) is 14.1 Å². The Hall–Kier alpha value is -2.89.